The predicted molar refractivity (Wildman–Crippen MR) is 82.5 cm³/mol. The van der Waals surface area contributed by atoms with E-state index in [-0.39, 0.29) is 0 Å². The summed E-state index contributed by atoms with van der Waals surface area (Å²) in [5, 5.41) is 0.474. The van der Waals surface area contributed by atoms with Gasteiger partial charge in [-0.3, -0.25) is 0 Å². The molecule has 0 radical (unpaired) electrons. The van der Waals surface area contributed by atoms with E-state index in [4.69, 9.17) is 22.1 Å². The van der Waals surface area contributed by atoms with Crippen LogP contribution in [0.25, 0.3) is 0 Å². The summed E-state index contributed by atoms with van der Waals surface area (Å²) in [5.74, 6) is 1.64. The molecule has 1 heterocycles. The van der Waals surface area contributed by atoms with E-state index in [2.05, 4.69) is 24.9 Å². The zero-order chi connectivity index (χ0) is 14.7. The van der Waals surface area contributed by atoms with Crippen molar-refractivity contribution in [1.29, 1.82) is 0 Å². The van der Waals surface area contributed by atoms with Crippen molar-refractivity contribution in [1.82, 2.24) is 4.98 Å². The minimum atomic E-state index is 0.410. The molecule has 0 aliphatic rings. The molecule has 0 unspecified atom stereocenters. The van der Waals surface area contributed by atoms with Crippen LogP contribution in [0.1, 0.15) is 36.5 Å². The molecule has 0 saturated carbocycles. The number of ether oxygens (including phenoxy) is 1. The second kappa shape index (κ2) is 6.25. The van der Waals surface area contributed by atoms with Crippen molar-refractivity contribution >= 4 is 11.6 Å². The van der Waals surface area contributed by atoms with Crippen molar-refractivity contribution in [2.24, 2.45) is 5.73 Å². The Kier molecular flexibility index (Phi) is 4.63. The molecule has 4 heteroatoms. The van der Waals surface area contributed by atoms with E-state index in [1.807, 2.05) is 19.1 Å². The molecular weight excluding hydrogens is 272 g/mol. The smallest absolute Gasteiger partial charge is 0.238 e. The maximum atomic E-state index is 6.17. The molecule has 1 aromatic heterocycles. The van der Waals surface area contributed by atoms with E-state index in [1.165, 1.54) is 5.56 Å². The van der Waals surface area contributed by atoms with Crippen molar-refractivity contribution in [3.63, 3.8) is 0 Å². The molecule has 2 N–H and O–H groups in total. The average Bonchev–Trinajstić information content (AvgIpc) is 2.42. The van der Waals surface area contributed by atoms with E-state index in [0.29, 0.717) is 23.4 Å². The van der Waals surface area contributed by atoms with Crippen molar-refractivity contribution in [3.8, 4) is 11.6 Å². The number of hydrogen-bond donors (Lipinski definition) is 1. The van der Waals surface area contributed by atoms with Gasteiger partial charge in [0.15, 0.2) is 0 Å². The van der Waals surface area contributed by atoms with Crippen LogP contribution in [0.15, 0.2) is 30.5 Å². The van der Waals surface area contributed by atoms with E-state index in [9.17, 15) is 0 Å². The summed E-state index contributed by atoms with van der Waals surface area (Å²) < 4.78 is 5.85. The van der Waals surface area contributed by atoms with E-state index in [0.717, 1.165) is 16.9 Å². The van der Waals surface area contributed by atoms with Crippen molar-refractivity contribution in [2.75, 3.05) is 0 Å². The molecule has 3 nitrogen and oxygen atoms in total. The van der Waals surface area contributed by atoms with Crippen LogP contribution in [0.5, 0.6) is 11.6 Å². The first-order valence-corrected chi connectivity index (χ1v) is 7.02. The number of aryl methyl sites for hydroxylation is 1. The predicted octanol–water partition coefficient (Wildman–Crippen LogP) is 4.42. The molecule has 1 aromatic carbocycles. The lowest BCUT2D eigenvalue weighted by Gasteiger charge is -2.13. The number of rotatable bonds is 4. The minimum absolute atomic E-state index is 0.410. The fraction of sp³-hybridized carbons (Fsp3) is 0.312. The van der Waals surface area contributed by atoms with Crippen molar-refractivity contribution in [3.05, 3.63) is 52.2 Å². The summed E-state index contributed by atoms with van der Waals surface area (Å²) in [6, 6.07) is 7.98. The van der Waals surface area contributed by atoms with Crippen molar-refractivity contribution < 1.29 is 4.74 Å². The van der Waals surface area contributed by atoms with Gasteiger partial charge in [0, 0.05) is 12.7 Å². The zero-order valence-electron chi connectivity index (χ0n) is 12.0. The van der Waals surface area contributed by atoms with Gasteiger partial charge >= 0.3 is 0 Å². The Hall–Kier alpha value is -1.58. The molecule has 0 spiro atoms. The maximum absolute atomic E-state index is 6.17. The standard InChI is InChI=1S/C16H19ClN2O/c1-10(2)13-5-4-11(3)15(7-13)20-16-14(17)6-12(8-18)9-19-16/h4-7,9-10H,8,18H2,1-3H3. The Morgan fingerprint density at radius 1 is 1.30 bits per heavy atom. The van der Waals surface area contributed by atoms with Crippen LogP contribution >= 0.6 is 11.6 Å². The lowest BCUT2D eigenvalue weighted by molar-refractivity contribution is 0.458. The van der Waals surface area contributed by atoms with Crippen LogP contribution in [0.3, 0.4) is 0 Å². The Labute approximate surface area is 124 Å². The van der Waals surface area contributed by atoms with Gasteiger partial charge in [-0.25, -0.2) is 4.98 Å². The number of halogens is 1. The van der Waals surface area contributed by atoms with Crippen LogP contribution in [0, 0.1) is 6.92 Å². The maximum Gasteiger partial charge on any atom is 0.238 e. The number of benzene rings is 1. The summed E-state index contributed by atoms with van der Waals surface area (Å²) in [5.41, 5.74) is 8.72. The van der Waals surface area contributed by atoms with Gasteiger partial charge in [-0.2, -0.15) is 0 Å². The molecule has 2 rings (SSSR count). The highest BCUT2D eigenvalue weighted by atomic mass is 35.5. The molecule has 2 aromatic rings. The zero-order valence-corrected chi connectivity index (χ0v) is 12.7. The fourth-order valence-electron chi connectivity index (χ4n) is 1.84. The third-order valence-electron chi connectivity index (χ3n) is 3.19. The fourth-order valence-corrected chi connectivity index (χ4v) is 2.07. The van der Waals surface area contributed by atoms with Crippen LogP contribution in [-0.4, -0.2) is 4.98 Å². The van der Waals surface area contributed by atoms with E-state index >= 15 is 0 Å². The van der Waals surface area contributed by atoms with Gasteiger partial charge in [0.1, 0.15) is 10.8 Å². The highest BCUT2D eigenvalue weighted by Crippen LogP contribution is 2.31. The molecule has 106 valence electrons. The summed E-state index contributed by atoms with van der Waals surface area (Å²) in [6.45, 7) is 6.71. The van der Waals surface area contributed by atoms with E-state index < -0.39 is 0 Å². The quantitative estimate of drug-likeness (QED) is 0.907. The molecule has 0 aliphatic heterocycles. The van der Waals surface area contributed by atoms with Crippen molar-refractivity contribution in [2.45, 2.75) is 33.2 Å². The number of aromatic nitrogens is 1. The molecule has 0 bridgehead atoms. The largest absolute Gasteiger partial charge is 0.437 e. The monoisotopic (exact) mass is 290 g/mol. The van der Waals surface area contributed by atoms with Gasteiger partial charge in [-0.15, -0.1) is 0 Å². The topological polar surface area (TPSA) is 48.1 Å². The van der Waals surface area contributed by atoms with Gasteiger partial charge in [0.25, 0.3) is 0 Å². The molecule has 0 saturated heterocycles. The SMILES string of the molecule is Cc1ccc(C(C)C)cc1Oc1ncc(CN)cc1Cl. The third-order valence-corrected chi connectivity index (χ3v) is 3.46. The highest BCUT2D eigenvalue weighted by Gasteiger charge is 2.10. The summed E-state index contributed by atoms with van der Waals surface area (Å²) >= 11 is 6.17. The van der Waals surface area contributed by atoms with Gasteiger partial charge in [-0.05, 0) is 41.7 Å². The Morgan fingerprint density at radius 2 is 2.05 bits per heavy atom. The molecule has 0 atom stereocenters. The van der Waals surface area contributed by atoms with E-state index in [1.54, 1.807) is 12.3 Å². The van der Waals surface area contributed by atoms with Gasteiger partial charge in [-0.1, -0.05) is 37.6 Å². The second-order valence-electron chi connectivity index (χ2n) is 5.12. The van der Waals surface area contributed by atoms with Gasteiger partial charge in [0.2, 0.25) is 5.88 Å². The number of pyridine rings is 1. The van der Waals surface area contributed by atoms with Crippen LogP contribution in [0.4, 0.5) is 0 Å². The summed E-state index contributed by atoms with van der Waals surface area (Å²) in [7, 11) is 0. The molecule has 0 fully saturated rings. The molecule has 20 heavy (non-hydrogen) atoms. The third kappa shape index (κ3) is 3.30. The molecular formula is C16H19ClN2O. The van der Waals surface area contributed by atoms with Crippen LogP contribution in [0.2, 0.25) is 5.02 Å². The second-order valence-corrected chi connectivity index (χ2v) is 5.52. The Morgan fingerprint density at radius 3 is 2.65 bits per heavy atom. The number of nitrogens with two attached hydrogens (primary N) is 1. The summed E-state index contributed by atoms with van der Waals surface area (Å²) in [4.78, 5) is 4.23. The first-order valence-electron chi connectivity index (χ1n) is 6.64. The molecule has 0 aliphatic carbocycles. The van der Waals surface area contributed by atoms with Gasteiger partial charge in [0.05, 0.1) is 0 Å². The lowest BCUT2D eigenvalue weighted by Crippen LogP contribution is -1.99. The summed E-state index contributed by atoms with van der Waals surface area (Å²) in [6.07, 6.45) is 1.68. The first kappa shape index (κ1) is 14.8. The average molecular weight is 291 g/mol. The van der Waals surface area contributed by atoms with Gasteiger partial charge < -0.3 is 10.5 Å². The highest BCUT2D eigenvalue weighted by molar-refractivity contribution is 6.31. The first-order chi connectivity index (χ1) is 9.51. The Balaban J connectivity index is 2.32. The minimum Gasteiger partial charge on any atom is -0.437 e. The Bertz CT molecular complexity index is 611. The normalized spacial score (nSPS) is 10.9. The lowest BCUT2D eigenvalue weighted by atomic mass is 10.0. The van der Waals surface area contributed by atoms with Crippen LogP contribution < -0.4 is 10.5 Å². The van der Waals surface area contributed by atoms with Crippen LogP contribution in [-0.2, 0) is 6.54 Å². The molecule has 0 amide bonds. The number of nitrogens with zero attached hydrogens (tertiary/aromatic N) is 1. The number of hydrogen-bond acceptors (Lipinski definition) is 3.